The third-order valence-electron chi connectivity index (χ3n) is 0.544. The fraction of sp³-hybridized carbons (Fsp3) is 1.00. The molecule has 0 aromatic carbocycles. The van der Waals surface area contributed by atoms with Crippen LogP contribution in [-0.2, 0) is 4.74 Å². The second-order valence-corrected chi connectivity index (χ2v) is 2.23. The normalized spacial score (nSPS) is 8.67. The Morgan fingerprint density at radius 1 is 0.889 bits per heavy atom. The maximum Gasteiger partial charge on any atom is 1.00 e. The van der Waals surface area contributed by atoms with E-state index in [0.29, 0.717) is 12.2 Å². The van der Waals surface area contributed by atoms with Crippen LogP contribution >= 0.6 is 0 Å². The topological polar surface area (TPSA) is 39.2 Å². The summed E-state index contributed by atoms with van der Waals surface area (Å²) in [4.78, 5) is 0. The van der Waals surface area contributed by atoms with Crippen molar-refractivity contribution in [3.8, 4) is 0 Å². The monoisotopic (exact) mass is 142 g/mol. The minimum atomic E-state index is 0. The second kappa shape index (κ2) is 8.92. The number of hydrogen-bond donors (Lipinski definition) is 0. The first-order chi connectivity index (χ1) is 3.13. The quantitative estimate of drug-likeness (QED) is 0.447. The van der Waals surface area contributed by atoms with Gasteiger partial charge < -0.3 is 10.2 Å². The van der Waals surface area contributed by atoms with E-state index in [4.69, 9.17) is 4.74 Å². The van der Waals surface area contributed by atoms with Crippen LogP contribution in [0.4, 0.5) is 0 Å². The molecule has 1 N–H and O–H groups in total. The minimum absolute atomic E-state index is 0. The first-order valence-corrected chi connectivity index (χ1v) is 2.78. The molecule has 9 heavy (non-hydrogen) atoms. The van der Waals surface area contributed by atoms with Gasteiger partial charge in [-0.3, -0.25) is 0 Å². The van der Waals surface area contributed by atoms with Crippen molar-refractivity contribution in [3.05, 3.63) is 0 Å². The van der Waals surface area contributed by atoms with Crippen molar-refractivity contribution in [3.63, 3.8) is 0 Å². The van der Waals surface area contributed by atoms with Gasteiger partial charge in [0.25, 0.3) is 0 Å². The van der Waals surface area contributed by atoms with Crippen molar-refractivity contribution < 1.29 is 39.8 Å². The van der Waals surface area contributed by atoms with Crippen molar-refractivity contribution in [2.75, 3.05) is 0 Å². The Kier molecular flexibility index (Phi) is 16.3. The van der Waals surface area contributed by atoms with E-state index < -0.39 is 0 Å². The maximum atomic E-state index is 5.25. The Bertz CT molecular complexity index is 40.3. The summed E-state index contributed by atoms with van der Waals surface area (Å²) in [6.07, 6.45) is 0.750. The molecule has 0 aliphatic carbocycles. The molecule has 0 amide bonds. The SMILES string of the molecule is CC(C)OC(C)C.[Na+].[OH-]. The third-order valence-corrected chi connectivity index (χ3v) is 0.544. The van der Waals surface area contributed by atoms with Crippen molar-refractivity contribution in [1.82, 2.24) is 0 Å². The van der Waals surface area contributed by atoms with Gasteiger partial charge in [-0.15, -0.1) is 0 Å². The van der Waals surface area contributed by atoms with Gasteiger partial charge in [0.15, 0.2) is 0 Å². The predicted molar refractivity (Wildman–Crippen MR) is 33.3 cm³/mol. The summed E-state index contributed by atoms with van der Waals surface area (Å²) in [5, 5.41) is 0. The molecule has 0 radical (unpaired) electrons. The van der Waals surface area contributed by atoms with Crippen LogP contribution in [0.2, 0.25) is 0 Å². The van der Waals surface area contributed by atoms with Crippen LogP contribution in [0.3, 0.4) is 0 Å². The van der Waals surface area contributed by atoms with Crippen LogP contribution in [0, 0.1) is 0 Å². The van der Waals surface area contributed by atoms with E-state index in [1.165, 1.54) is 0 Å². The fourth-order valence-corrected chi connectivity index (χ4v) is 0.544. The molecule has 0 bridgehead atoms. The van der Waals surface area contributed by atoms with E-state index in [2.05, 4.69) is 0 Å². The molecular formula is C6H15NaO2. The van der Waals surface area contributed by atoms with Crippen LogP contribution in [0.5, 0.6) is 0 Å². The molecule has 0 heterocycles. The molecule has 0 aromatic rings. The molecule has 0 fully saturated rings. The fourth-order valence-electron chi connectivity index (χ4n) is 0.544. The first kappa shape index (κ1) is 16.5. The summed E-state index contributed by atoms with van der Waals surface area (Å²) in [5.41, 5.74) is 0. The molecule has 0 atom stereocenters. The van der Waals surface area contributed by atoms with Crippen molar-refractivity contribution in [2.24, 2.45) is 0 Å². The predicted octanol–water partition coefficient (Wildman–Crippen LogP) is -1.35. The van der Waals surface area contributed by atoms with Gasteiger partial charge in [-0.05, 0) is 27.7 Å². The zero-order valence-corrected chi connectivity index (χ0v) is 9.01. The van der Waals surface area contributed by atoms with Gasteiger partial charge in [-0.2, -0.15) is 0 Å². The van der Waals surface area contributed by atoms with Crippen LogP contribution in [0.15, 0.2) is 0 Å². The summed E-state index contributed by atoms with van der Waals surface area (Å²) in [6.45, 7) is 8.17. The molecule has 0 saturated carbocycles. The summed E-state index contributed by atoms with van der Waals surface area (Å²) < 4.78 is 5.25. The summed E-state index contributed by atoms with van der Waals surface area (Å²) in [7, 11) is 0. The molecule has 2 nitrogen and oxygen atoms in total. The molecule has 0 rings (SSSR count). The van der Waals surface area contributed by atoms with Gasteiger partial charge in [-0.25, -0.2) is 0 Å². The molecule has 0 saturated heterocycles. The number of rotatable bonds is 2. The molecular weight excluding hydrogens is 127 g/mol. The number of ether oxygens (including phenoxy) is 1. The molecule has 3 heteroatoms. The van der Waals surface area contributed by atoms with Gasteiger partial charge in [0.1, 0.15) is 0 Å². The Morgan fingerprint density at radius 3 is 1.11 bits per heavy atom. The van der Waals surface area contributed by atoms with Crippen LogP contribution in [-0.4, -0.2) is 17.7 Å². The summed E-state index contributed by atoms with van der Waals surface area (Å²) >= 11 is 0. The molecule has 0 spiro atoms. The van der Waals surface area contributed by atoms with E-state index in [9.17, 15) is 0 Å². The minimum Gasteiger partial charge on any atom is -0.870 e. The Labute approximate surface area is 79.6 Å². The van der Waals surface area contributed by atoms with Gasteiger partial charge in [-0.1, -0.05) is 0 Å². The molecule has 0 aliphatic heterocycles. The van der Waals surface area contributed by atoms with Crippen LogP contribution in [0.1, 0.15) is 27.7 Å². The smallest absolute Gasteiger partial charge is 0.870 e. The Hall–Kier alpha value is 0.920. The Morgan fingerprint density at radius 2 is 1.11 bits per heavy atom. The molecule has 0 aliphatic rings. The molecule has 52 valence electrons. The van der Waals surface area contributed by atoms with E-state index in [1.54, 1.807) is 0 Å². The Balaban J connectivity index is -0.000000180. The van der Waals surface area contributed by atoms with Crippen molar-refractivity contribution >= 4 is 0 Å². The zero-order chi connectivity index (χ0) is 5.86. The van der Waals surface area contributed by atoms with Crippen LogP contribution in [0.25, 0.3) is 0 Å². The third kappa shape index (κ3) is 17.6. The van der Waals surface area contributed by atoms with Gasteiger partial charge in [0.05, 0.1) is 12.2 Å². The zero-order valence-electron chi connectivity index (χ0n) is 7.01. The van der Waals surface area contributed by atoms with E-state index in [1.807, 2.05) is 27.7 Å². The standard InChI is InChI=1S/C6H14O.Na.H2O/c1-5(2)7-6(3)4;;/h5-6H,1-4H3;;1H2/q;+1;/p-1. The number of hydrogen-bond acceptors (Lipinski definition) is 2. The maximum absolute atomic E-state index is 5.25. The second-order valence-electron chi connectivity index (χ2n) is 2.23. The summed E-state index contributed by atoms with van der Waals surface area (Å²) in [5.74, 6) is 0. The average Bonchev–Trinajstić information content (AvgIpc) is 1.27. The van der Waals surface area contributed by atoms with Crippen molar-refractivity contribution in [1.29, 1.82) is 0 Å². The summed E-state index contributed by atoms with van der Waals surface area (Å²) in [6, 6.07) is 0. The van der Waals surface area contributed by atoms with Gasteiger partial charge in [0, 0.05) is 0 Å². The van der Waals surface area contributed by atoms with E-state index in [0.717, 1.165) is 0 Å². The first-order valence-electron chi connectivity index (χ1n) is 2.78. The van der Waals surface area contributed by atoms with E-state index in [-0.39, 0.29) is 35.0 Å². The van der Waals surface area contributed by atoms with Crippen molar-refractivity contribution in [2.45, 2.75) is 39.9 Å². The van der Waals surface area contributed by atoms with E-state index >= 15 is 0 Å². The molecule has 0 aromatic heterocycles. The molecule has 0 unspecified atom stereocenters. The van der Waals surface area contributed by atoms with Gasteiger partial charge in [0.2, 0.25) is 0 Å². The average molecular weight is 142 g/mol. The van der Waals surface area contributed by atoms with Crippen LogP contribution < -0.4 is 29.6 Å². The largest absolute Gasteiger partial charge is 1.00 e. The van der Waals surface area contributed by atoms with Gasteiger partial charge >= 0.3 is 29.6 Å².